The summed E-state index contributed by atoms with van der Waals surface area (Å²) in [5, 5.41) is 12.8. The van der Waals surface area contributed by atoms with Gasteiger partial charge in [-0.25, -0.2) is 4.79 Å². The number of nitrogens with zero attached hydrogens (tertiary/aromatic N) is 1. The standard InChI is InChI=1S/C20H32N2O5/c1-22-12-8-6-4-3-5-7-9-17(20(26)27-2)21-18(24)16-13-14(23)10-11-15(16)19(22)25/h3,5,14-17,23H,4,6-13H2,1-2H3,(H,21,24). The third-order valence-corrected chi connectivity index (χ3v) is 5.56. The number of hydrogen-bond acceptors (Lipinski definition) is 5. The van der Waals surface area contributed by atoms with Crippen molar-refractivity contribution in [1.29, 1.82) is 0 Å². The Labute approximate surface area is 161 Å². The molecule has 0 aromatic carbocycles. The second kappa shape index (κ2) is 10.4. The molecule has 2 aliphatic rings. The maximum atomic E-state index is 12.9. The molecule has 0 spiro atoms. The minimum absolute atomic E-state index is 0.0536. The summed E-state index contributed by atoms with van der Waals surface area (Å²) in [6.07, 6.45) is 8.65. The topological polar surface area (TPSA) is 95.9 Å². The largest absolute Gasteiger partial charge is 0.467 e. The van der Waals surface area contributed by atoms with Crippen molar-refractivity contribution in [1.82, 2.24) is 10.2 Å². The number of amides is 2. The number of carbonyl (C=O) groups excluding carboxylic acids is 3. The molecular weight excluding hydrogens is 348 g/mol. The fourth-order valence-electron chi connectivity index (χ4n) is 3.91. The molecule has 2 rings (SSSR count). The van der Waals surface area contributed by atoms with Gasteiger partial charge in [0.2, 0.25) is 11.8 Å². The smallest absolute Gasteiger partial charge is 0.328 e. The molecule has 7 nitrogen and oxygen atoms in total. The lowest BCUT2D eigenvalue weighted by atomic mass is 9.76. The van der Waals surface area contributed by atoms with E-state index in [0.29, 0.717) is 32.2 Å². The van der Waals surface area contributed by atoms with Crippen LogP contribution in [0.3, 0.4) is 0 Å². The van der Waals surface area contributed by atoms with Crippen LogP contribution in [0.1, 0.15) is 51.4 Å². The number of rotatable bonds is 1. The van der Waals surface area contributed by atoms with E-state index in [1.165, 1.54) is 7.11 Å². The van der Waals surface area contributed by atoms with Crippen LogP contribution in [0.4, 0.5) is 0 Å². The summed E-state index contributed by atoms with van der Waals surface area (Å²) in [7, 11) is 3.07. The van der Waals surface area contributed by atoms with Crippen LogP contribution in [0, 0.1) is 11.8 Å². The first-order chi connectivity index (χ1) is 12.9. The van der Waals surface area contributed by atoms with Crippen LogP contribution in [0.15, 0.2) is 12.2 Å². The van der Waals surface area contributed by atoms with Gasteiger partial charge in [0.15, 0.2) is 0 Å². The van der Waals surface area contributed by atoms with Gasteiger partial charge in [-0.1, -0.05) is 12.2 Å². The molecule has 0 aromatic heterocycles. The summed E-state index contributed by atoms with van der Waals surface area (Å²) < 4.78 is 4.82. The zero-order valence-electron chi connectivity index (χ0n) is 16.4. The molecule has 1 aliphatic carbocycles. The van der Waals surface area contributed by atoms with Gasteiger partial charge in [-0.3, -0.25) is 9.59 Å². The van der Waals surface area contributed by atoms with Crippen LogP contribution >= 0.6 is 0 Å². The van der Waals surface area contributed by atoms with Crippen molar-refractivity contribution in [2.45, 2.75) is 63.5 Å². The molecule has 1 heterocycles. The zero-order chi connectivity index (χ0) is 19.8. The fraction of sp³-hybridized carbons (Fsp3) is 0.750. The van der Waals surface area contributed by atoms with Crippen molar-refractivity contribution in [3.63, 3.8) is 0 Å². The zero-order valence-corrected chi connectivity index (χ0v) is 16.4. The minimum Gasteiger partial charge on any atom is -0.467 e. The average molecular weight is 380 g/mol. The number of carbonyl (C=O) groups is 3. The van der Waals surface area contributed by atoms with Crippen molar-refractivity contribution in [2.24, 2.45) is 11.8 Å². The van der Waals surface area contributed by atoms with E-state index in [1.807, 2.05) is 6.08 Å². The van der Waals surface area contributed by atoms with E-state index < -0.39 is 30.0 Å². The lowest BCUT2D eigenvalue weighted by molar-refractivity contribution is -0.148. The summed E-state index contributed by atoms with van der Waals surface area (Å²) in [5.41, 5.74) is 0. The molecule has 0 saturated heterocycles. The van der Waals surface area contributed by atoms with Gasteiger partial charge in [-0.2, -0.15) is 0 Å². The Bertz CT molecular complexity index is 563. The van der Waals surface area contributed by atoms with Gasteiger partial charge in [-0.05, 0) is 51.4 Å². The van der Waals surface area contributed by atoms with Crippen molar-refractivity contribution in [3.8, 4) is 0 Å². The van der Waals surface area contributed by atoms with Crippen LogP contribution in [0.5, 0.6) is 0 Å². The molecule has 0 radical (unpaired) electrons. The molecule has 1 aliphatic heterocycles. The normalized spacial score (nSPS) is 31.3. The summed E-state index contributed by atoms with van der Waals surface area (Å²) in [4.78, 5) is 39.6. The molecule has 27 heavy (non-hydrogen) atoms. The van der Waals surface area contributed by atoms with E-state index in [0.717, 1.165) is 19.3 Å². The average Bonchev–Trinajstić information content (AvgIpc) is 2.67. The number of aliphatic hydroxyl groups is 1. The molecule has 152 valence electrons. The predicted molar refractivity (Wildman–Crippen MR) is 101 cm³/mol. The van der Waals surface area contributed by atoms with Crippen molar-refractivity contribution in [2.75, 3.05) is 20.7 Å². The van der Waals surface area contributed by atoms with Gasteiger partial charge in [0.25, 0.3) is 0 Å². The summed E-state index contributed by atoms with van der Waals surface area (Å²) >= 11 is 0. The predicted octanol–water partition coefficient (Wildman–Crippen LogP) is 1.40. The Morgan fingerprint density at radius 3 is 2.63 bits per heavy atom. The van der Waals surface area contributed by atoms with E-state index in [1.54, 1.807) is 11.9 Å². The number of fused-ring (bicyclic) bond motifs is 1. The van der Waals surface area contributed by atoms with E-state index in [9.17, 15) is 19.5 Å². The van der Waals surface area contributed by atoms with Gasteiger partial charge in [0, 0.05) is 19.5 Å². The lowest BCUT2D eigenvalue weighted by Crippen LogP contribution is -2.50. The highest BCUT2D eigenvalue weighted by Crippen LogP contribution is 2.32. The number of aliphatic hydroxyl groups excluding tert-OH is 1. The summed E-state index contributed by atoms with van der Waals surface area (Å²) in [6.45, 7) is 0.658. The highest BCUT2D eigenvalue weighted by atomic mass is 16.5. The Kier molecular flexibility index (Phi) is 8.28. The highest BCUT2D eigenvalue weighted by molar-refractivity contribution is 5.90. The molecule has 7 heteroatoms. The third kappa shape index (κ3) is 6.06. The molecule has 4 atom stereocenters. The minimum atomic E-state index is -0.746. The first kappa shape index (κ1) is 21.4. The maximum absolute atomic E-state index is 12.9. The monoisotopic (exact) mass is 380 g/mol. The molecule has 1 fully saturated rings. The molecule has 2 N–H and O–H groups in total. The van der Waals surface area contributed by atoms with Crippen molar-refractivity contribution < 1.29 is 24.2 Å². The van der Waals surface area contributed by atoms with Gasteiger partial charge < -0.3 is 20.1 Å². The number of ether oxygens (including phenoxy) is 1. The number of hydrogen-bond donors (Lipinski definition) is 2. The van der Waals surface area contributed by atoms with Crippen molar-refractivity contribution in [3.05, 3.63) is 12.2 Å². The van der Waals surface area contributed by atoms with E-state index in [2.05, 4.69) is 11.4 Å². The van der Waals surface area contributed by atoms with Crippen LogP contribution in [0.25, 0.3) is 0 Å². The van der Waals surface area contributed by atoms with E-state index in [4.69, 9.17) is 4.74 Å². The Hall–Kier alpha value is -1.89. The number of nitrogens with one attached hydrogen (secondary N) is 1. The quantitative estimate of drug-likeness (QED) is 0.530. The second-order valence-corrected chi connectivity index (χ2v) is 7.57. The third-order valence-electron chi connectivity index (χ3n) is 5.56. The maximum Gasteiger partial charge on any atom is 0.328 e. The molecule has 1 saturated carbocycles. The Morgan fingerprint density at radius 1 is 1.15 bits per heavy atom. The Morgan fingerprint density at radius 2 is 1.89 bits per heavy atom. The molecule has 0 aromatic rings. The van der Waals surface area contributed by atoms with Gasteiger partial charge in [-0.15, -0.1) is 0 Å². The summed E-state index contributed by atoms with van der Waals surface area (Å²) in [6, 6.07) is -0.746. The Balaban J connectivity index is 2.22. The number of methoxy groups -OCH3 is 1. The highest BCUT2D eigenvalue weighted by Gasteiger charge is 2.40. The SMILES string of the molecule is COC(=O)C1CCC=CCCCCN(C)C(=O)C2CCC(O)CC2C(=O)N1. The van der Waals surface area contributed by atoms with Gasteiger partial charge >= 0.3 is 5.97 Å². The fourth-order valence-corrected chi connectivity index (χ4v) is 3.91. The van der Waals surface area contributed by atoms with Crippen LogP contribution in [0.2, 0.25) is 0 Å². The number of esters is 1. The molecular formula is C20H32N2O5. The van der Waals surface area contributed by atoms with Crippen LogP contribution in [-0.2, 0) is 19.1 Å². The molecule has 2 amide bonds. The van der Waals surface area contributed by atoms with E-state index >= 15 is 0 Å². The van der Waals surface area contributed by atoms with Crippen LogP contribution < -0.4 is 5.32 Å². The lowest BCUT2D eigenvalue weighted by Gasteiger charge is -2.35. The second-order valence-electron chi connectivity index (χ2n) is 7.57. The molecule has 0 bridgehead atoms. The van der Waals surface area contributed by atoms with Gasteiger partial charge in [0.1, 0.15) is 6.04 Å². The first-order valence-corrected chi connectivity index (χ1v) is 9.90. The number of allylic oxidation sites excluding steroid dienone is 2. The van der Waals surface area contributed by atoms with Crippen molar-refractivity contribution >= 4 is 17.8 Å². The molecule has 4 unspecified atom stereocenters. The van der Waals surface area contributed by atoms with Gasteiger partial charge in [0.05, 0.1) is 19.1 Å². The summed E-state index contributed by atoms with van der Waals surface area (Å²) in [5.74, 6) is -1.98. The first-order valence-electron chi connectivity index (χ1n) is 9.90. The van der Waals surface area contributed by atoms with Crippen LogP contribution in [-0.4, -0.2) is 60.6 Å². The van der Waals surface area contributed by atoms with E-state index in [-0.39, 0.29) is 18.2 Å².